The quantitative estimate of drug-likeness (QED) is 0.303. The van der Waals surface area contributed by atoms with E-state index in [0.29, 0.717) is 24.8 Å². The molecule has 0 aromatic rings. The molecule has 0 aromatic carbocycles. The average Bonchev–Trinajstić information content (AvgIpc) is 2.96. The van der Waals surface area contributed by atoms with Crippen molar-refractivity contribution in [1.29, 1.82) is 0 Å². The van der Waals surface area contributed by atoms with E-state index in [-0.39, 0.29) is 17.0 Å². The highest BCUT2D eigenvalue weighted by molar-refractivity contribution is 5.85. The Bertz CT molecular complexity index is 709. The molecular formula is C25H38O5. The van der Waals surface area contributed by atoms with Crippen LogP contribution < -0.4 is 0 Å². The number of Topliss-reactive ketones (excluding diaryl/α,β-unsaturated/α-hetero) is 2. The number of hydrogen-bond donors (Lipinski definition) is 1. The fourth-order valence-corrected chi connectivity index (χ4v) is 3.44. The largest absolute Gasteiger partial charge is 0.429 e. The molecule has 0 saturated carbocycles. The molecule has 30 heavy (non-hydrogen) atoms. The number of ether oxygens (including phenoxy) is 1. The van der Waals surface area contributed by atoms with Crippen molar-refractivity contribution >= 4 is 17.5 Å². The van der Waals surface area contributed by atoms with Gasteiger partial charge in [0.05, 0.1) is 0 Å². The van der Waals surface area contributed by atoms with Gasteiger partial charge < -0.3 is 14.6 Å². The SMILES string of the molecule is CC(=O)CCCC(C)(C)C(=O)CCC(C)=CCCC(C)=CCCC1=CC(=O)OC1O. The van der Waals surface area contributed by atoms with Gasteiger partial charge in [-0.3, -0.25) is 4.79 Å². The highest BCUT2D eigenvalue weighted by atomic mass is 16.6. The Morgan fingerprint density at radius 1 is 1.03 bits per heavy atom. The number of aliphatic hydroxyl groups excluding tert-OH is 1. The van der Waals surface area contributed by atoms with Gasteiger partial charge in [-0.1, -0.05) is 37.1 Å². The maximum Gasteiger partial charge on any atom is 0.333 e. The van der Waals surface area contributed by atoms with Gasteiger partial charge in [-0.15, -0.1) is 0 Å². The number of esters is 1. The van der Waals surface area contributed by atoms with E-state index < -0.39 is 12.3 Å². The summed E-state index contributed by atoms with van der Waals surface area (Å²) in [5, 5.41) is 9.55. The molecule has 0 spiro atoms. The second-order valence-electron chi connectivity index (χ2n) is 9.05. The van der Waals surface area contributed by atoms with Crippen molar-refractivity contribution in [3.8, 4) is 0 Å². The van der Waals surface area contributed by atoms with Gasteiger partial charge in [-0.05, 0) is 65.7 Å². The zero-order chi connectivity index (χ0) is 22.7. The van der Waals surface area contributed by atoms with Crippen LogP contribution in [0.3, 0.4) is 0 Å². The first-order valence-corrected chi connectivity index (χ1v) is 10.9. The summed E-state index contributed by atoms with van der Waals surface area (Å²) in [5.74, 6) is -0.0313. The number of carbonyl (C=O) groups is 3. The number of rotatable bonds is 14. The molecule has 0 fully saturated rings. The number of ketones is 2. The van der Waals surface area contributed by atoms with Crippen LogP contribution in [0.25, 0.3) is 0 Å². The Kier molecular flexibility index (Phi) is 11.0. The molecule has 168 valence electrons. The van der Waals surface area contributed by atoms with Crippen molar-refractivity contribution in [2.45, 2.75) is 98.7 Å². The first-order chi connectivity index (χ1) is 14.0. The lowest BCUT2D eigenvalue weighted by Crippen LogP contribution is -2.24. The third-order valence-electron chi connectivity index (χ3n) is 5.64. The molecule has 0 saturated heterocycles. The van der Waals surface area contributed by atoms with E-state index in [1.54, 1.807) is 6.92 Å². The van der Waals surface area contributed by atoms with Gasteiger partial charge in [0, 0.05) is 29.9 Å². The zero-order valence-corrected chi connectivity index (χ0v) is 19.3. The molecule has 1 aliphatic heterocycles. The van der Waals surface area contributed by atoms with E-state index in [1.165, 1.54) is 17.2 Å². The van der Waals surface area contributed by atoms with Crippen LogP contribution in [0.4, 0.5) is 0 Å². The van der Waals surface area contributed by atoms with Crippen LogP contribution in [0.1, 0.15) is 92.4 Å². The molecule has 0 amide bonds. The minimum absolute atomic E-state index is 0.179. The molecule has 1 atom stereocenters. The first-order valence-electron chi connectivity index (χ1n) is 10.9. The summed E-state index contributed by atoms with van der Waals surface area (Å²) in [5.41, 5.74) is 2.76. The van der Waals surface area contributed by atoms with Crippen LogP contribution in [0, 0.1) is 5.41 Å². The highest BCUT2D eigenvalue weighted by Crippen LogP contribution is 2.27. The summed E-state index contributed by atoms with van der Waals surface area (Å²) >= 11 is 0. The number of cyclic esters (lactones) is 1. The van der Waals surface area contributed by atoms with Gasteiger partial charge >= 0.3 is 5.97 Å². The van der Waals surface area contributed by atoms with Crippen LogP contribution >= 0.6 is 0 Å². The molecule has 0 aromatic heterocycles. The van der Waals surface area contributed by atoms with Crippen LogP contribution in [-0.2, 0) is 19.1 Å². The molecule has 0 radical (unpaired) electrons. The Hall–Kier alpha value is -2.01. The normalized spacial score (nSPS) is 17.7. The fourth-order valence-electron chi connectivity index (χ4n) is 3.44. The Balaban J connectivity index is 2.30. The number of hydrogen-bond acceptors (Lipinski definition) is 5. The van der Waals surface area contributed by atoms with Crippen LogP contribution in [-0.4, -0.2) is 28.9 Å². The molecule has 0 aliphatic carbocycles. The Morgan fingerprint density at radius 3 is 2.27 bits per heavy atom. The van der Waals surface area contributed by atoms with Gasteiger partial charge in [0.1, 0.15) is 11.6 Å². The summed E-state index contributed by atoms with van der Waals surface area (Å²) in [7, 11) is 0. The predicted octanol–water partition coefficient (Wildman–Crippen LogP) is 5.38. The summed E-state index contributed by atoms with van der Waals surface area (Å²) in [6.45, 7) is 9.70. The van der Waals surface area contributed by atoms with Gasteiger partial charge in [0.2, 0.25) is 6.29 Å². The molecule has 5 heteroatoms. The summed E-state index contributed by atoms with van der Waals surface area (Å²) < 4.78 is 4.67. The Morgan fingerprint density at radius 2 is 1.67 bits per heavy atom. The van der Waals surface area contributed by atoms with Crippen molar-refractivity contribution in [3.63, 3.8) is 0 Å². The average molecular weight is 419 g/mol. The Labute approximate surface area is 181 Å². The van der Waals surface area contributed by atoms with E-state index >= 15 is 0 Å². The first kappa shape index (κ1) is 26.0. The van der Waals surface area contributed by atoms with E-state index in [4.69, 9.17) is 0 Å². The lowest BCUT2D eigenvalue weighted by Gasteiger charge is -2.23. The number of aliphatic hydroxyl groups is 1. The van der Waals surface area contributed by atoms with Crippen LogP contribution in [0.5, 0.6) is 0 Å². The van der Waals surface area contributed by atoms with Crippen molar-refractivity contribution < 1.29 is 24.2 Å². The van der Waals surface area contributed by atoms with Crippen LogP contribution in [0.15, 0.2) is 34.9 Å². The maximum absolute atomic E-state index is 12.5. The third kappa shape index (κ3) is 10.1. The molecular weight excluding hydrogens is 380 g/mol. The lowest BCUT2D eigenvalue weighted by molar-refractivity contribution is -0.151. The van der Waals surface area contributed by atoms with E-state index in [9.17, 15) is 19.5 Å². The van der Waals surface area contributed by atoms with Gasteiger partial charge in [0.15, 0.2) is 0 Å². The van der Waals surface area contributed by atoms with E-state index in [1.807, 2.05) is 13.8 Å². The summed E-state index contributed by atoms with van der Waals surface area (Å²) in [6.07, 6.45) is 11.3. The van der Waals surface area contributed by atoms with Gasteiger partial charge in [0.25, 0.3) is 0 Å². The maximum atomic E-state index is 12.5. The molecule has 1 aliphatic rings. The molecule has 1 rings (SSSR count). The van der Waals surface area contributed by atoms with Gasteiger partial charge in [-0.25, -0.2) is 4.79 Å². The molecule has 1 N–H and O–H groups in total. The lowest BCUT2D eigenvalue weighted by atomic mass is 9.80. The minimum atomic E-state index is -1.08. The summed E-state index contributed by atoms with van der Waals surface area (Å²) in [4.78, 5) is 34.7. The molecule has 0 bridgehead atoms. The second-order valence-corrected chi connectivity index (χ2v) is 9.05. The predicted molar refractivity (Wildman–Crippen MR) is 119 cm³/mol. The molecule has 5 nitrogen and oxygen atoms in total. The standard InChI is InChI=1S/C25H38O5/c1-18(11-7-13-21-17-23(28)30-24(21)29)9-6-10-19(2)14-15-22(27)25(4,5)16-8-12-20(3)26/h10-11,17,24,29H,6-9,12-16H2,1-5H3. The van der Waals surface area contributed by atoms with Gasteiger partial charge in [-0.2, -0.15) is 0 Å². The highest BCUT2D eigenvalue weighted by Gasteiger charge is 2.26. The monoisotopic (exact) mass is 418 g/mol. The van der Waals surface area contributed by atoms with E-state index in [0.717, 1.165) is 38.5 Å². The van der Waals surface area contributed by atoms with Crippen LogP contribution in [0.2, 0.25) is 0 Å². The molecule has 1 unspecified atom stereocenters. The van der Waals surface area contributed by atoms with Crippen molar-refractivity contribution in [1.82, 2.24) is 0 Å². The van der Waals surface area contributed by atoms with Crippen molar-refractivity contribution in [2.75, 3.05) is 0 Å². The number of carbonyl (C=O) groups excluding carboxylic acids is 3. The van der Waals surface area contributed by atoms with Crippen molar-refractivity contribution in [3.05, 3.63) is 34.9 Å². The topological polar surface area (TPSA) is 80.7 Å². The molecule has 1 heterocycles. The zero-order valence-electron chi connectivity index (χ0n) is 19.3. The minimum Gasteiger partial charge on any atom is -0.429 e. The third-order valence-corrected chi connectivity index (χ3v) is 5.64. The van der Waals surface area contributed by atoms with Crippen molar-refractivity contribution in [2.24, 2.45) is 5.41 Å². The fraction of sp³-hybridized carbons (Fsp3) is 0.640. The smallest absolute Gasteiger partial charge is 0.333 e. The second kappa shape index (κ2) is 12.6. The summed E-state index contributed by atoms with van der Waals surface area (Å²) in [6, 6.07) is 0. The van der Waals surface area contributed by atoms with E-state index in [2.05, 4.69) is 30.7 Å². The number of allylic oxidation sites excluding steroid dienone is 4.